The normalized spacial score (nSPS) is 10.5. The summed E-state index contributed by atoms with van der Waals surface area (Å²) >= 11 is 3.55. The molecule has 0 aromatic heterocycles. The molecule has 4 aromatic rings. The molecule has 0 spiro atoms. The van der Waals surface area contributed by atoms with Crippen LogP contribution in [0, 0.1) is 0 Å². The molecule has 166 valence electrons. The monoisotopic (exact) mass is 498 g/mol. The number of rotatable bonds is 7. The first kappa shape index (κ1) is 22.8. The molecule has 0 aliphatic carbocycles. The molecule has 0 heterocycles. The Kier molecular flexibility index (Phi) is 7.59. The number of halogens is 1. The second-order valence-electron chi connectivity index (χ2n) is 8.25. The van der Waals surface area contributed by atoms with E-state index in [2.05, 4.69) is 154 Å². The molecule has 0 atom stereocenters. The number of amidine groups is 1. The van der Waals surface area contributed by atoms with Gasteiger partial charge < -0.3 is 4.90 Å². The lowest BCUT2D eigenvalue weighted by atomic mass is 10.1. The number of benzene rings is 4. The van der Waals surface area contributed by atoms with Gasteiger partial charge in [0.05, 0.1) is 5.56 Å². The van der Waals surface area contributed by atoms with Crippen LogP contribution in [0.2, 0.25) is 0 Å². The fourth-order valence-electron chi connectivity index (χ4n) is 3.74. The van der Waals surface area contributed by atoms with Gasteiger partial charge in [-0.1, -0.05) is 76.6 Å². The van der Waals surface area contributed by atoms with E-state index in [4.69, 9.17) is 0 Å². The van der Waals surface area contributed by atoms with Crippen molar-refractivity contribution >= 4 is 33.1 Å². The summed E-state index contributed by atoms with van der Waals surface area (Å²) in [6.45, 7) is 1.59. The van der Waals surface area contributed by atoms with Crippen molar-refractivity contribution in [2.45, 2.75) is 13.1 Å². The summed E-state index contributed by atoms with van der Waals surface area (Å²) in [5.41, 5.74) is 5.92. The highest BCUT2D eigenvalue weighted by Gasteiger charge is 2.19. The largest absolute Gasteiger partial charge is 0.378 e. The summed E-state index contributed by atoms with van der Waals surface area (Å²) in [5.74, 6) is 1.08. The van der Waals surface area contributed by atoms with Gasteiger partial charge in [-0.05, 0) is 59.7 Å². The van der Waals surface area contributed by atoms with E-state index >= 15 is 0 Å². The van der Waals surface area contributed by atoms with Crippen molar-refractivity contribution in [3.63, 3.8) is 0 Å². The van der Waals surface area contributed by atoms with Gasteiger partial charge in [-0.3, -0.25) is 4.58 Å². The Morgan fingerprint density at radius 1 is 0.697 bits per heavy atom. The average Bonchev–Trinajstić information content (AvgIpc) is 2.85. The molecule has 0 unspecified atom stereocenters. The number of nitrogens with zero attached hydrogens (tertiary/aromatic N) is 2. The third-order valence-corrected chi connectivity index (χ3v) is 6.04. The molecular formula is C29H29BrN3+. The predicted molar refractivity (Wildman–Crippen MR) is 143 cm³/mol. The Bertz CT molecular complexity index is 1140. The van der Waals surface area contributed by atoms with Crippen molar-refractivity contribution in [3.05, 3.63) is 130 Å². The Hall–Kier alpha value is -3.37. The Labute approximate surface area is 205 Å². The van der Waals surface area contributed by atoms with Crippen LogP contribution in [0.5, 0.6) is 0 Å². The quantitative estimate of drug-likeness (QED) is 0.172. The van der Waals surface area contributed by atoms with Crippen LogP contribution in [0.15, 0.2) is 114 Å². The van der Waals surface area contributed by atoms with Gasteiger partial charge in [0.25, 0.3) is 5.84 Å². The first-order valence-corrected chi connectivity index (χ1v) is 11.9. The molecular weight excluding hydrogens is 470 g/mol. The molecule has 3 nitrogen and oxygen atoms in total. The maximum Gasteiger partial charge on any atom is 0.282 e. The highest BCUT2D eigenvalue weighted by molar-refractivity contribution is 9.10. The van der Waals surface area contributed by atoms with E-state index < -0.39 is 0 Å². The van der Waals surface area contributed by atoms with E-state index in [1.807, 2.05) is 0 Å². The van der Waals surface area contributed by atoms with Crippen LogP contribution in [0.3, 0.4) is 0 Å². The third kappa shape index (κ3) is 6.33. The zero-order chi connectivity index (χ0) is 23.0. The van der Waals surface area contributed by atoms with Crippen LogP contribution in [-0.4, -0.2) is 24.5 Å². The maximum absolute atomic E-state index is 3.72. The van der Waals surface area contributed by atoms with Gasteiger partial charge >= 0.3 is 0 Å². The van der Waals surface area contributed by atoms with Crippen molar-refractivity contribution in [1.82, 2.24) is 0 Å². The van der Waals surface area contributed by atoms with E-state index in [-0.39, 0.29) is 0 Å². The van der Waals surface area contributed by atoms with Gasteiger partial charge in [-0.15, -0.1) is 0 Å². The van der Waals surface area contributed by atoms with Crippen molar-refractivity contribution < 1.29 is 4.58 Å². The van der Waals surface area contributed by atoms with Gasteiger partial charge in [0.1, 0.15) is 18.8 Å². The Balaban J connectivity index is 1.82. The molecule has 0 aliphatic rings. The third-order valence-electron chi connectivity index (χ3n) is 5.51. The van der Waals surface area contributed by atoms with Crippen molar-refractivity contribution in [2.24, 2.45) is 0 Å². The number of anilines is 2. The molecule has 0 saturated heterocycles. The molecule has 0 aliphatic heterocycles. The van der Waals surface area contributed by atoms with E-state index in [0.29, 0.717) is 0 Å². The molecule has 33 heavy (non-hydrogen) atoms. The first-order valence-electron chi connectivity index (χ1n) is 11.1. The van der Waals surface area contributed by atoms with Gasteiger partial charge in [-0.2, -0.15) is 0 Å². The number of hydrogen-bond acceptors (Lipinski definition) is 1. The minimum absolute atomic E-state index is 0.796. The van der Waals surface area contributed by atoms with Gasteiger partial charge in [0.2, 0.25) is 0 Å². The molecule has 4 rings (SSSR count). The second-order valence-corrected chi connectivity index (χ2v) is 9.16. The zero-order valence-corrected chi connectivity index (χ0v) is 20.7. The summed E-state index contributed by atoms with van der Waals surface area (Å²) < 4.78 is 3.48. The van der Waals surface area contributed by atoms with Crippen LogP contribution >= 0.6 is 15.9 Å². The summed E-state index contributed by atoms with van der Waals surface area (Å²) in [5, 5.41) is 3.72. The van der Waals surface area contributed by atoms with Crippen LogP contribution < -0.4 is 10.2 Å². The summed E-state index contributed by atoms with van der Waals surface area (Å²) in [7, 11) is 4.13. The summed E-state index contributed by atoms with van der Waals surface area (Å²) in [6.07, 6.45) is 0. The lowest BCUT2D eigenvalue weighted by Crippen LogP contribution is -2.28. The summed E-state index contributed by atoms with van der Waals surface area (Å²) in [4.78, 5) is 2.12. The van der Waals surface area contributed by atoms with Crippen molar-refractivity contribution in [2.75, 3.05) is 24.3 Å². The van der Waals surface area contributed by atoms with E-state index in [1.165, 1.54) is 16.8 Å². The van der Waals surface area contributed by atoms with Gasteiger partial charge in [0.15, 0.2) is 0 Å². The van der Waals surface area contributed by atoms with Crippen LogP contribution in [-0.2, 0) is 13.1 Å². The Morgan fingerprint density at radius 3 is 1.70 bits per heavy atom. The lowest BCUT2D eigenvalue weighted by molar-refractivity contribution is -0.559. The average molecular weight is 499 g/mol. The highest BCUT2D eigenvalue weighted by Crippen LogP contribution is 2.19. The SMILES string of the molecule is CN(C)c1ccc(C(Nc2ccc(Br)cc2)=[N+](Cc2ccccc2)Cc2ccccc2)cc1. The zero-order valence-electron chi connectivity index (χ0n) is 19.1. The van der Waals surface area contributed by atoms with Crippen LogP contribution in [0.1, 0.15) is 16.7 Å². The number of nitrogens with one attached hydrogen (secondary N) is 1. The molecule has 4 aromatic carbocycles. The van der Waals surface area contributed by atoms with E-state index in [9.17, 15) is 0 Å². The smallest absolute Gasteiger partial charge is 0.282 e. The fourth-order valence-corrected chi connectivity index (χ4v) is 4.01. The molecule has 0 fully saturated rings. The Morgan fingerprint density at radius 2 is 1.21 bits per heavy atom. The molecule has 0 amide bonds. The van der Waals surface area contributed by atoms with Crippen molar-refractivity contribution in [3.8, 4) is 0 Å². The minimum atomic E-state index is 0.796. The standard InChI is InChI=1S/C29H28BrN3/c1-32(2)28-19-13-25(14-20-28)29(31-27-17-15-26(30)16-18-27)33(21-23-9-5-3-6-10-23)22-24-11-7-4-8-12-24/h3-20H,21-22H2,1-2H3/p+1. The lowest BCUT2D eigenvalue weighted by Gasteiger charge is -2.16. The van der Waals surface area contributed by atoms with Gasteiger partial charge in [0, 0.05) is 24.3 Å². The first-order chi connectivity index (χ1) is 16.1. The van der Waals surface area contributed by atoms with Crippen molar-refractivity contribution in [1.29, 1.82) is 0 Å². The van der Waals surface area contributed by atoms with Crippen LogP contribution in [0.25, 0.3) is 0 Å². The highest BCUT2D eigenvalue weighted by atomic mass is 79.9. The summed E-state index contributed by atoms with van der Waals surface area (Å²) in [6, 6.07) is 38.3. The molecule has 0 saturated carbocycles. The van der Waals surface area contributed by atoms with Gasteiger partial charge in [-0.25, -0.2) is 5.32 Å². The predicted octanol–water partition coefficient (Wildman–Crippen LogP) is 6.79. The van der Waals surface area contributed by atoms with Crippen LogP contribution in [0.4, 0.5) is 11.4 Å². The second kappa shape index (κ2) is 11.0. The van der Waals surface area contributed by atoms with E-state index in [0.717, 1.165) is 34.6 Å². The minimum Gasteiger partial charge on any atom is -0.378 e. The molecule has 1 N–H and O–H groups in total. The van der Waals surface area contributed by atoms with E-state index in [1.54, 1.807) is 0 Å². The topological polar surface area (TPSA) is 18.3 Å². The molecule has 0 radical (unpaired) electrons. The molecule has 0 bridgehead atoms. The molecule has 4 heteroatoms. The maximum atomic E-state index is 3.72. The fraction of sp³-hybridized carbons (Fsp3) is 0.138. The number of hydrogen-bond donors (Lipinski definition) is 1.